The minimum atomic E-state index is -3.91. The zero-order valence-electron chi connectivity index (χ0n) is 23.0. The second-order valence-corrected chi connectivity index (χ2v) is 13.3. The first kappa shape index (κ1) is 30.7. The lowest BCUT2D eigenvalue weighted by molar-refractivity contribution is -0.140. The Morgan fingerprint density at radius 1 is 0.951 bits per heavy atom. The third-order valence-corrected chi connectivity index (χ3v) is 8.89. The topological polar surface area (TPSA) is 86.8 Å². The van der Waals surface area contributed by atoms with Gasteiger partial charge in [0.25, 0.3) is 0 Å². The summed E-state index contributed by atoms with van der Waals surface area (Å²) in [6.45, 7) is -0.449. The zero-order chi connectivity index (χ0) is 29.4. The number of nitrogens with one attached hydrogen (secondary N) is 1. The van der Waals surface area contributed by atoms with Crippen LogP contribution in [0.5, 0.6) is 0 Å². The molecule has 0 aromatic heterocycles. The summed E-state index contributed by atoms with van der Waals surface area (Å²) in [6, 6.07) is 21.0. The Morgan fingerprint density at radius 2 is 1.61 bits per heavy atom. The first-order valence-electron chi connectivity index (χ1n) is 13.7. The summed E-state index contributed by atoms with van der Waals surface area (Å²) >= 11 is 3.48. The average Bonchev–Trinajstić information content (AvgIpc) is 2.94. The largest absolute Gasteiger partial charge is 0.352 e. The molecule has 3 aromatic rings. The van der Waals surface area contributed by atoms with Gasteiger partial charge in [-0.1, -0.05) is 77.7 Å². The molecule has 10 heteroatoms. The quantitative estimate of drug-likeness (QED) is 0.301. The Balaban J connectivity index is 1.71. The number of hydrogen-bond donors (Lipinski definition) is 1. The van der Waals surface area contributed by atoms with Gasteiger partial charge in [-0.05, 0) is 60.4 Å². The fraction of sp³-hybridized carbons (Fsp3) is 0.355. The molecule has 7 nitrogen and oxygen atoms in total. The molecule has 0 heterocycles. The van der Waals surface area contributed by atoms with Crippen molar-refractivity contribution in [3.05, 3.63) is 100 Å². The third-order valence-electron chi connectivity index (χ3n) is 7.26. The predicted octanol–water partition coefficient (Wildman–Crippen LogP) is 5.44. The van der Waals surface area contributed by atoms with Gasteiger partial charge in [0.05, 0.1) is 11.9 Å². The Morgan fingerprint density at radius 3 is 2.24 bits per heavy atom. The van der Waals surface area contributed by atoms with E-state index in [1.165, 1.54) is 17.0 Å². The van der Waals surface area contributed by atoms with E-state index in [9.17, 15) is 22.4 Å². The number of hydrogen-bond acceptors (Lipinski definition) is 4. The van der Waals surface area contributed by atoms with Crippen molar-refractivity contribution in [1.82, 2.24) is 10.2 Å². The zero-order valence-corrected chi connectivity index (χ0v) is 25.4. The average molecular weight is 645 g/mol. The van der Waals surface area contributed by atoms with E-state index in [1.54, 1.807) is 0 Å². The van der Waals surface area contributed by atoms with E-state index in [0.29, 0.717) is 0 Å². The van der Waals surface area contributed by atoms with Crippen LogP contribution in [0.2, 0.25) is 0 Å². The van der Waals surface area contributed by atoms with Gasteiger partial charge < -0.3 is 10.2 Å². The molecule has 2 amide bonds. The maximum atomic E-state index is 14.1. The van der Waals surface area contributed by atoms with Crippen LogP contribution in [0, 0.1) is 5.82 Å². The molecule has 1 saturated carbocycles. The number of nitrogens with zero attached hydrogens (tertiary/aromatic N) is 2. The second-order valence-electron chi connectivity index (χ2n) is 10.4. The number of sulfonamides is 1. The van der Waals surface area contributed by atoms with Crippen molar-refractivity contribution in [3.63, 3.8) is 0 Å². The summed E-state index contributed by atoms with van der Waals surface area (Å²) in [5.74, 6) is -1.33. The number of carbonyl (C=O) groups excluding carboxylic acids is 2. The first-order chi connectivity index (χ1) is 19.6. The Hall–Kier alpha value is -3.24. The van der Waals surface area contributed by atoms with Gasteiger partial charge >= 0.3 is 0 Å². The lowest BCUT2D eigenvalue weighted by atomic mass is 9.94. The van der Waals surface area contributed by atoms with Gasteiger partial charge in [0.15, 0.2) is 0 Å². The lowest BCUT2D eigenvalue weighted by Crippen LogP contribution is -2.55. The maximum Gasteiger partial charge on any atom is 0.244 e. The van der Waals surface area contributed by atoms with Crippen molar-refractivity contribution < 1.29 is 22.4 Å². The molecule has 1 fully saturated rings. The summed E-state index contributed by atoms with van der Waals surface area (Å²) in [6.07, 6.45) is 6.24. The lowest BCUT2D eigenvalue weighted by Gasteiger charge is -2.35. The van der Waals surface area contributed by atoms with Crippen molar-refractivity contribution in [1.29, 1.82) is 0 Å². The number of amides is 2. The third kappa shape index (κ3) is 8.87. The molecule has 0 unspecified atom stereocenters. The van der Waals surface area contributed by atoms with Crippen LogP contribution in [0.1, 0.15) is 43.2 Å². The fourth-order valence-corrected chi connectivity index (χ4v) is 6.45. The van der Waals surface area contributed by atoms with Gasteiger partial charge in [0.2, 0.25) is 21.8 Å². The van der Waals surface area contributed by atoms with E-state index in [4.69, 9.17) is 0 Å². The molecular formula is C31H35BrFN3O4S. The van der Waals surface area contributed by atoms with Crippen LogP contribution in [0.15, 0.2) is 83.3 Å². The second kappa shape index (κ2) is 14.1. The van der Waals surface area contributed by atoms with Crippen LogP contribution in [0.3, 0.4) is 0 Å². The molecule has 0 radical (unpaired) electrons. The summed E-state index contributed by atoms with van der Waals surface area (Å²) in [5.41, 5.74) is 1.82. The van der Waals surface area contributed by atoms with Crippen LogP contribution in [0.25, 0.3) is 0 Å². The molecule has 3 aromatic carbocycles. The highest BCUT2D eigenvalue weighted by molar-refractivity contribution is 9.10. The van der Waals surface area contributed by atoms with Gasteiger partial charge in [-0.25, -0.2) is 12.8 Å². The van der Waals surface area contributed by atoms with Crippen LogP contribution in [-0.2, 0) is 32.6 Å². The van der Waals surface area contributed by atoms with E-state index in [1.807, 2.05) is 54.6 Å². The SMILES string of the molecule is CS(=O)(=O)N(CC(=O)N(Cc1cccc(Br)c1)[C@H](Cc1ccccc1)C(=O)NC1CCCCC1)c1ccc(F)cc1. The highest BCUT2D eigenvalue weighted by Gasteiger charge is 2.34. The van der Waals surface area contributed by atoms with Crippen molar-refractivity contribution in [2.45, 2.75) is 57.2 Å². The summed E-state index contributed by atoms with van der Waals surface area (Å²) in [4.78, 5) is 29.5. The standard InChI is InChI=1S/C31H35BrFN3O4S/c1-41(39,40)36(28-17-15-26(33)16-18-28)22-30(37)35(21-24-11-8-12-25(32)19-24)29(20-23-9-4-2-5-10-23)31(38)34-27-13-6-3-7-14-27/h2,4-5,8-12,15-19,27,29H,3,6-7,13-14,20-22H2,1H3,(H,34,38)/t29-/m1/s1. The Kier molecular flexibility index (Phi) is 10.6. The van der Waals surface area contributed by atoms with E-state index < -0.39 is 34.3 Å². The number of carbonyl (C=O) groups is 2. The highest BCUT2D eigenvalue weighted by atomic mass is 79.9. The van der Waals surface area contributed by atoms with Crippen molar-refractivity contribution >= 4 is 43.5 Å². The van der Waals surface area contributed by atoms with E-state index in [2.05, 4.69) is 21.2 Å². The van der Waals surface area contributed by atoms with Crippen molar-refractivity contribution in [2.24, 2.45) is 0 Å². The minimum absolute atomic E-state index is 0.0316. The molecule has 1 N–H and O–H groups in total. The summed E-state index contributed by atoms with van der Waals surface area (Å²) < 4.78 is 41.0. The smallest absolute Gasteiger partial charge is 0.244 e. The van der Waals surface area contributed by atoms with E-state index in [0.717, 1.165) is 70.4 Å². The molecule has 4 rings (SSSR count). The molecule has 0 spiro atoms. The van der Waals surface area contributed by atoms with Gasteiger partial charge in [0, 0.05) is 23.5 Å². The highest BCUT2D eigenvalue weighted by Crippen LogP contribution is 2.23. The fourth-order valence-electron chi connectivity index (χ4n) is 5.15. The van der Waals surface area contributed by atoms with E-state index in [-0.39, 0.29) is 30.6 Å². The summed E-state index contributed by atoms with van der Waals surface area (Å²) in [7, 11) is -3.91. The summed E-state index contributed by atoms with van der Waals surface area (Å²) in [5, 5.41) is 3.18. The molecule has 218 valence electrons. The molecule has 1 atom stereocenters. The monoisotopic (exact) mass is 643 g/mol. The molecule has 41 heavy (non-hydrogen) atoms. The van der Waals surface area contributed by atoms with Crippen LogP contribution >= 0.6 is 15.9 Å². The molecule has 1 aliphatic rings. The van der Waals surface area contributed by atoms with Crippen molar-refractivity contribution in [2.75, 3.05) is 17.1 Å². The number of benzene rings is 3. The molecule has 1 aliphatic carbocycles. The van der Waals surface area contributed by atoms with Crippen LogP contribution in [-0.4, -0.2) is 50.0 Å². The van der Waals surface area contributed by atoms with Gasteiger partial charge in [0.1, 0.15) is 18.4 Å². The van der Waals surface area contributed by atoms with Crippen LogP contribution in [0.4, 0.5) is 10.1 Å². The van der Waals surface area contributed by atoms with Gasteiger partial charge in [-0.3, -0.25) is 13.9 Å². The number of anilines is 1. The molecular weight excluding hydrogens is 609 g/mol. The number of rotatable bonds is 11. The van der Waals surface area contributed by atoms with Crippen molar-refractivity contribution in [3.8, 4) is 0 Å². The predicted molar refractivity (Wildman–Crippen MR) is 162 cm³/mol. The van der Waals surface area contributed by atoms with Gasteiger partial charge in [-0.15, -0.1) is 0 Å². The minimum Gasteiger partial charge on any atom is -0.352 e. The first-order valence-corrected chi connectivity index (χ1v) is 16.4. The van der Waals surface area contributed by atoms with E-state index >= 15 is 0 Å². The molecule has 0 aliphatic heterocycles. The van der Waals surface area contributed by atoms with Crippen LogP contribution < -0.4 is 9.62 Å². The Labute approximate surface area is 249 Å². The Bertz CT molecular complexity index is 1430. The molecule has 0 bridgehead atoms. The maximum absolute atomic E-state index is 14.1. The normalized spacial score (nSPS) is 14.7. The molecule has 0 saturated heterocycles. The number of halogens is 2. The van der Waals surface area contributed by atoms with Gasteiger partial charge in [-0.2, -0.15) is 0 Å².